The highest BCUT2D eigenvalue weighted by atomic mass is 14.6. The van der Waals surface area contributed by atoms with Crippen LogP contribution in [0.1, 0.15) is 27.2 Å². The maximum atomic E-state index is 3.93. The fourth-order valence-electron chi connectivity index (χ4n) is 0.692. The summed E-state index contributed by atoms with van der Waals surface area (Å²) < 4.78 is 0. The smallest absolute Gasteiger partial charge is 0.123 e. The molecule has 0 saturated carbocycles. The summed E-state index contributed by atoms with van der Waals surface area (Å²) in [7, 11) is 0. The van der Waals surface area contributed by atoms with Gasteiger partial charge in [0.1, 0.15) is 5.70 Å². The molecule has 0 rings (SSSR count). The van der Waals surface area contributed by atoms with Crippen molar-refractivity contribution in [1.29, 1.82) is 0 Å². The molecule has 3 N–H and O–H groups in total. The number of quaternary nitrogens is 1. The first-order valence-corrected chi connectivity index (χ1v) is 3.62. The normalized spacial score (nSPS) is 11.2. The van der Waals surface area contributed by atoms with Crippen LogP contribution in [0.5, 0.6) is 0 Å². The van der Waals surface area contributed by atoms with Gasteiger partial charge in [-0.15, -0.1) is 0 Å². The van der Waals surface area contributed by atoms with Gasteiger partial charge >= 0.3 is 0 Å². The van der Waals surface area contributed by atoms with E-state index < -0.39 is 0 Å². The summed E-state index contributed by atoms with van der Waals surface area (Å²) in [6.45, 7) is 14.2. The van der Waals surface area contributed by atoms with E-state index in [-0.39, 0.29) is 5.41 Å². The molecule has 1 nitrogen and oxygen atoms in total. The van der Waals surface area contributed by atoms with Crippen LogP contribution in [0, 0.1) is 5.41 Å². The van der Waals surface area contributed by atoms with Crippen LogP contribution in [0.25, 0.3) is 0 Å². The van der Waals surface area contributed by atoms with Gasteiger partial charge in [0.25, 0.3) is 0 Å². The molecule has 0 aromatic heterocycles. The Labute approximate surface area is 63.6 Å². The lowest BCUT2D eigenvalue weighted by molar-refractivity contribution is -0.298. The van der Waals surface area contributed by atoms with Crippen LogP contribution in [0.4, 0.5) is 0 Å². The van der Waals surface area contributed by atoms with Gasteiger partial charge in [-0.2, -0.15) is 0 Å². The summed E-state index contributed by atoms with van der Waals surface area (Å²) in [5, 5.41) is 0. The predicted octanol–water partition coefficient (Wildman–Crippen LogP) is 1.73. The van der Waals surface area contributed by atoms with Crippen LogP contribution >= 0.6 is 0 Å². The molecule has 0 aliphatic rings. The van der Waals surface area contributed by atoms with Crippen LogP contribution in [-0.2, 0) is 0 Å². The SMILES string of the molecule is C=C([NH3+])C(=C)C(C)(C)CC. The highest BCUT2D eigenvalue weighted by molar-refractivity contribution is 5.23. The number of allylic oxidation sites excluding steroid dienone is 1. The predicted molar refractivity (Wildman–Crippen MR) is 45.2 cm³/mol. The quantitative estimate of drug-likeness (QED) is 0.578. The Morgan fingerprint density at radius 3 is 1.90 bits per heavy atom. The van der Waals surface area contributed by atoms with E-state index >= 15 is 0 Å². The topological polar surface area (TPSA) is 27.6 Å². The van der Waals surface area contributed by atoms with Crippen molar-refractivity contribution in [3.05, 3.63) is 24.4 Å². The summed E-state index contributed by atoms with van der Waals surface area (Å²) in [6, 6.07) is 0. The zero-order valence-electron chi connectivity index (χ0n) is 7.33. The fraction of sp³-hybridized carbons (Fsp3) is 0.556. The van der Waals surface area contributed by atoms with Crippen LogP contribution in [0.15, 0.2) is 24.4 Å². The Hall–Kier alpha value is -0.560. The van der Waals surface area contributed by atoms with Gasteiger partial charge < -0.3 is 5.73 Å². The molecule has 0 aromatic carbocycles. The van der Waals surface area contributed by atoms with Gasteiger partial charge in [0.2, 0.25) is 0 Å². The Balaban J connectivity index is 4.33. The largest absolute Gasteiger partial charge is 0.325 e. The van der Waals surface area contributed by atoms with E-state index in [0.29, 0.717) is 0 Å². The molecule has 0 aromatic rings. The highest BCUT2D eigenvalue weighted by Crippen LogP contribution is 2.30. The molecule has 0 saturated heterocycles. The zero-order chi connectivity index (χ0) is 8.36. The van der Waals surface area contributed by atoms with Crippen molar-refractivity contribution < 1.29 is 5.73 Å². The highest BCUT2D eigenvalue weighted by Gasteiger charge is 2.21. The van der Waals surface area contributed by atoms with E-state index in [1.54, 1.807) is 0 Å². The standard InChI is InChI=1S/C9H17N/c1-6-9(4,5)7(2)8(3)10/h2-3,6,10H2,1,4-5H3/p+1. The zero-order valence-corrected chi connectivity index (χ0v) is 7.33. The van der Waals surface area contributed by atoms with Gasteiger partial charge in [-0.1, -0.05) is 27.4 Å². The molecular weight excluding hydrogens is 122 g/mol. The van der Waals surface area contributed by atoms with Crippen molar-refractivity contribution in [2.24, 2.45) is 5.41 Å². The molecule has 0 aliphatic heterocycles. The van der Waals surface area contributed by atoms with Crippen LogP contribution in [0.2, 0.25) is 0 Å². The summed E-state index contributed by atoms with van der Waals surface area (Å²) in [4.78, 5) is 0. The van der Waals surface area contributed by atoms with E-state index in [4.69, 9.17) is 0 Å². The van der Waals surface area contributed by atoms with Crippen molar-refractivity contribution in [2.75, 3.05) is 0 Å². The summed E-state index contributed by atoms with van der Waals surface area (Å²) in [5.74, 6) is 0. The van der Waals surface area contributed by atoms with Gasteiger partial charge in [0, 0.05) is 5.57 Å². The molecule has 0 atom stereocenters. The molecule has 10 heavy (non-hydrogen) atoms. The van der Waals surface area contributed by atoms with Crippen LogP contribution in [-0.4, -0.2) is 0 Å². The first-order valence-electron chi connectivity index (χ1n) is 3.62. The second kappa shape index (κ2) is 3.02. The average Bonchev–Trinajstić information content (AvgIpc) is 1.86. The maximum absolute atomic E-state index is 3.93. The number of hydrogen-bond donors (Lipinski definition) is 1. The number of hydrogen-bond acceptors (Lipinski definition) is 0. The summed E-state index contributed by atoms with van der Waals surface area (Å²) >= 11 is 0. The Morgan fingerprint density at radius 1 is 1.40 bits per heavy atom. The minimum atomic E-state index is 0.166. The van der Waals surface area contributed by atoms with Crippen LogP contribution in [0.3, 0.4) is 0 Å². The molecule has 1 heteroatoms. The Bertz CT molecular complexity index is 154. The molecule has 0 aliphatic carbocycles. The van der Waals surface area contributed by atoms with Crippen molar-refractivity contribution >= 4 is 0 Å². The molecule has 0 fully saturated rings. The minimum Gasteiger partial charge on any atom is -0.325 e. The average molecular weight is 140 g/mol. The lowest BCUT2D eigenvalue weighted by atomic mass is 9.81. The van der Waals surface area contributed by atoms with Crippen molar-refractivity contribution in [1.82, 2.24) is 0 Å². The first kappa shape index (κ1) is 9.44. The fourth-order valence-corrected chi connectivity index (χ4v) is 0.692. The molecule has 0 radical (unpaired) electrons. The van der Waals surface area contributed by atoms with E-state index in [9.17, 15) is 0 Å². The third-order valence-corrected chi connectivity index (χ3v) is 2.13. The lowest BCUT2D eigenvalue weighted by Crippen LogP contribution is -2.49. The third-order valence-electron chi connectivity index (χ3n) is 2.13. The maximum Gasteiger partial charge on any atom is 0.123 e. The Kier molecular flexibility index (Phi) is 2.85. The van der Waals surface area contributed by atoms with Gasteiger partial charge in [-0.3, -0.25) is 0 Å². The molecule has 0 amide bonds. The van der Waals surface area contributed by atoms with Crippen LogP contribution < -0.4 is 5.73 Å². The van der Waals surface area contributed by atoms with E-state index in [1.807, 2.05) is 0 Å². The summed E-state index contributed by atoms with van der Waals surface area (Å²) in [5.41, 5.74) is 5.84. The number of rotatable bonds is 3. The van der Waals surface area contributed by atoms with Gasteiger partial charge in [-0.05, 0) is 18.4 Å². The summed E-state index contributed by atoms with van der Waals surface area (Å²) in [6.07, 6.45) is 1.08. The van der Waals surface area contributed by atoms with Crippen molar-refractivity contribution in [2.45, 2.75) is 27.2 Å². The van der Waals surface area contributed by atoms with Gasteiger partial charge in [0.05, 0.1) is 0 Å². The molecule has 0 bridgehead atoms. The van der Waals surface area contributed by atoms with Crippen molar-refractivity contribution in [3.63, 3.8) is 0 Å². The van der Waals surface area contributed by atoms with E-state index in [1.165, 1.54) is 0 Å². The van der Waals surface area contributed by atoms with E-state index in [2.05, 4.69) is 39.7 Å². The van der Waals surface area contributed by atoms with Gasteiger partial charge in [0.15, 0.2) is 0 Å². The van der Waals surface area contributed by atoms with Crippen molar-refractivity contribution in [3.8, 4) is 0 Å². The monoisotopic (exact) mass is 140 g/mol. The molecular formula is C9H18N+. The second-order valence-electron chi connectivity index (χ2n) is 3.32. The minimum absolute atomic E-state index is 0.166. The Morgan fingerprint density at radius 2 is 1.80 bits per heavy atom. The first-order chi connectivity index (χ1) is 4.41. The molecule has 58 valence electrons. The molecule has 0 heterocycles. The second-order valence-corrected chi connectivity index (χ2v) is 3.32. The van der Waals surface area contributed by atoms with E-state index in [0.717, 1.165) is 17.7 Å². The third kappa shape index (κ3) is 1.99. The molecule has 0 spiro atoms. The van der Waals surface area contributed by atoms with Gasteiger partial charge in [-0.25, -0.2) is 0 Å². The molecule has 0 unspecified atom stereocenters. The lowest BCUT2D eigenvalue weighted by Gasteiger charge is -2.23.